The van der Waals surface area contributed by atoms with E-state index in [0.29, 0.717) is 18.9 Å². The van der Waals surface area contributed by atoms with Gasteiger partial charge in [-0.05, 0) is 20.3 Å². The van der Waals surface area contributed by atoms with Crippen LogP contribution in [0.15, 0.2) is 0 Å². The molecule has 1 saturated heterocycles. The largest absolute Gasteiger partial charge is 0.480 e. The van der Waals surface area contributed by atoms with Gasteiger partial charge < -0.3 is 15.7 Å². The van der Waals surface area contributed by atoms with Crippen LogP contribution in [0.2, 0.25) is 0 Å². The topological polar surface area (TPSA) is 105 Å². The molecule has 1 aliphatic rings. The van der Waals surface area contributed by atoms with E-state index in [4.69, 9.17) is 10.8 Å². The lowest BCUT2D eigenvalue weighted by molar-refractivity contribution is -0.142. The zero-order valence-electron chi connectivity index (χ0n) is 9.84. The average Bonchev–Trinajstić information content (AvgIpc) is 2.67. The van der Waals surface area contributed by atoms with E-state index in [0.717, 1.165) is 11.4 Å². The molecule has 0 aliphatic carbocycles. The van der Waals surface area contributed by atoms with Crippen LogP contribution in [0, 0.1) is 13.8 Å². The third-order valence-electron chi connectivity index (χ3n) is 3.09. The highest BCUT2D eigenvalue weighted by molar-refractivity contribution is 5.80. The molecule has 0 saturated carbocycles. The van der Waals surface area contributed by atoms with E-state index >= 15 is 0 Å². The molecular weight excluding hydrogens is 222 g/mol. The van der Waals surface area contributed by atoms with Crippen LogP contribution in [0.25, 0.3) is 0 Å². The predicted molar refractivity (Wildman–Crippen MR) is 60.7 cm³/mol. The third kappa shape index (κ3) is 2.05. The Kier molecular flexibility index (Phi) is 2.70. The summed E-state index contributed by atoms with van der Waals surface area (Å²) in [7, 11) is 0. The minimum absolute atomic E-state index is 0.215. The van der Waals surface area contributed by atoms with Crippen molar-refractivity contribution in [1.82, 2.24) is 15.2 Å². The highest BCUT2D eigenvalue weighted by Crippen LogP contribution is 2.22. The van der Waals surface area contributed by atoms with Crippen molar-refractivity contribution in [2.45, 2.75) is 25.8 Å². The van der Waals surface area contributed by atoms with Crippen LogP contribution in [0.4, 0.5) is 5.95 Å². The second-order valence-corrected chi connectivity index (χ2v) is 4.42. The number of aryl methyl sites for hydroxylation is 2. The number of nitrogens with two attached hydrogens (primary N) is 1. The second kappa shape index (κ2) is 3.92. The van der Waals surface area contributed by atoms with Crippen molar-refractivity contribution in [2.75, 3.05) is 18.0 Å². The fourth-order valence-corrected chi connectivity index (χ4v) is 1.76. The number of carboxylic acids is 1. The third-order valence-corrected chi connectivity index (χ3v) is 3.09. The molecule has 0 amide bonds. The molecule has 1 atom stereocenters. The first-order chi connectivity index (χ1) is 7.92. The summed E-state index contributed by atoms with van der Waals surface area (Å²) in [5, 5.41) is 17.0. The van der Waals surface area contributed by atoms with Crippen LogP contribution in [0.3, 0.4) is 0 Å². The molecule has 0 aromatic carbocycles. The molecule has 17 heavy (non-hydrogen) atoms. The first-order valence-corrected chi connectivity index (χ1v) is 5.37. The van der Waals surface area contributed by atoms with Crippen LogP contribution in [0.1, 0.15) is 17.8 Å². The Balaban J connectivity index is 2.21. The Bertz CT molecular complexity index is 464. The van der Waals surface area contributed by atoms with Crippen molar-refractivity contribution in [2.24, 2.45) is 5.73 Å². The van der Waals surface area contributed by atoms with Gasteiger partial charge >= 0.3 is 5.97 Å². The number of carboxylic acid groups (broad SMARTS) is 1. The van der Waals surface area contributed by atoms with Crippen LogP contribution in [-0.4, -0.2) is 44.9 Å². The number of rotatable bonds is 2. The Labute approximate surface area is 98.7 Å². The van der Waals surface area contributed by atoms with Crippen LogP contribution in [-0.2, 0) is 4.79 Å². The fraction of sp³-hybridized carbons (Fsp3) is 0.600. The molecule has 1 unspecified atom stereocenters. The molecule has 2 heterocycles. The SMILES string of the molecule is Cc1nnc(N2CCC(N)(C(=O)O)C2)nc1C. The summed E-state index contributed by atoms with van der Waals surface area (Å²) < 4.78 is 0. The molecule has 1 aromatic rings. The number of carbonyl (C=O) groups is 1. The summed E-state index contributed by atoms with van der Waals surface area (Å²) in [5.41, 5.74) is 6.13. The molecule has 1 aliphatic heterocycles. The maximum absolute atomic E-state index is 11.0. The van der Waals surface area contributed by atoms with Gasteiger partial charge in [-0.2, -0.15) is 5.10 Å². The van der Waals surface area contributed by atoms with Crippen molar-refractivity contribution in [3.8, 4) is 0 Å². The maximum Gasteiger partial charge on any atom is 0.325 e. The Morgan fingerprint density at radius 1 is 1.41 bits per heavy atom. The number of aromatic nitrogens is 3. The van der Waals surface area contributed by atoms with Crippen molar-refractivity contribution >= 4 is 11.9 Å². The molecule has 1 fully saturated rings. The molecular formula is C10H15N5O2. The highest BCUT2D eigenvalue weighted by Gasteiger charge is 2.42. The van der Waals surface area contributed by atoms with Crippen molar-refractivity contribution in [3.05, 3.63) is 11.4 Å². The molecule has 3 N–H and O–H groups in total. The van der Waals surface area contributed by atoms with E-state index in [1.54, 1.807) is 4.90 Å². The average molecular weight is 237 g/mol. The van der Waals surface area contributed by atoms with Crippen LogP contribution in [0.5, 0.6) is 0 Å². The Morgan fingerprint density at radius 2 is 2.12 bits per heavy atom. The Morgan fingerprint density at radius 3 is 2.65 bits per heavy atom. The zero-order chi connectivity index (χ0) is 12.6. The monoisotopic (exact) mass is 237 g/mol. The summed E-state index contributed by atoms with van der Waals surface area (Å²) in [4.78, 5) is 17.1. The van der Waals surface area contributed by atoms with Gasteiger partial charge in [0.05, 0.1) is 11.4 Å². The standard InChI is InChI=1S/C10H15N5O2/c1-6-7(2)13-14-9(12-6)15-4-3-10(11,5-15)8(16)17/h3-5,11H2,1-2H3,(H,16,17). The van der Waals surface area contributed by atoms with Gasteiger partial charge in [-0.1, -0.05) is 0 Å². The van der Waals surface area contributed by atoms with Gasteiger partial charge in [0.25, 0.3) is 0 Å². The summed E-state index contributed by atoms with van der Waals surface area (Å²) in [6, 6.07) is 0. The number of anilines is 1. The smallest absolute Gasteiger partial charge is 0.325 e. The molecule has 0 radical (unpaired) electrons. The highest BCUT2D eigenvalue weighted by atomic mass is 16.4. The summed E-state index contributed by atoms with van der Waals surface area (Å²) in [6.07, 6.45) is 0.388. The zero-order valence-corrected chi connectivity index (χ0v) is 9.84. The van der Waals surface area contributed by atoms with Gasteiger partial charge in [-0.15, -0.1) is 5.10 Å². The first-order valence-electron chi connectivity index (χ1n) is 5.37. The van der Waals surface area contributed by atoms with E-state index in [1.165, 1.54) is 0 Å². The number of hydrogen-bond donors (Lipinski definition) is 2. The lowest BCUT2D eigenvalue weighted by Crippen LogP contribution is -2.50. The number of aliphatic carboxylic acids is 1. The second-order valence-electron chi connectivity index (χ2n) is 4.42. The number of nitrogens with zero attached hydrogens (tertiary/aromatic N) is 4. The van der Waals surface area contributed by atoms with Gasteiger partial charge in [-0.25, -0.2) is 4.98 Å². The molecule has 7 heteroatoms. The maximum atomic E-state index is 11.0. The van der Waals surface area contributed by atoms with Crippen LogP contribution >= 0.6 is 0 Å². The normalized spacial score (nSPS) is 24.1. The summed E-state index contributed by atoms with van der Waals surface area (Å²) in [5.74, 6) is -0.543. The molecule has 0 spiro atoms. The van der Waals surface area contributed by atoms with Gasteiger partial charge in [0.15, 0.2) is 0 Å². The summed E-state index contributed by atoms with van der Waals surface area (Å²) >= 11 is 0. The van der Waals surface area contributed by atoms with Crippen molar-refractivity contribution < 1.29 is 9.90 Å². The van der Waals surface area contributed by atoms with E-state index in [1.807, 2.05) is 13.8 Å². The molecule has 92 valence electrons. The van der Waals surface area contributed by atoms with E-state index in [2.05, 4.69) is 15.2 Å². The molecule has 2 rings (SSSR count). The molecule has 7 nitrogen and oxygen atoms in total. The van der Waals surface area contributed by atoms with Crippen LogP contribution < -0.4 is 10.6 Å². The lowest BCUT2D eigenvalue weighted by atomic mass is 10.0. The molecule has 0 bridgehead atoms. The van der Waals surface area contributed by atoms with Gasteiger partial charge in [0.2, 0.25) is 5.95 Å². The van der Waals surface area contributed by atoms with Gasteiger partial charge in [0, 0.05) is 13.1 Å². The Hall–Kier alpha value is -1.76. The van der Waals surface area contributed by atoms with E-state index in [-0.39, 0.29) is 6.54 Å². The lowest BCUT2D eigenvalue weighted by Gasteiger charge is -2.19. The van der Waals surface area contributed by atoms with Crippen molar-refractivity contribution in [3.63, 3.8) is 0 Å². The van der Waals surface area contributed by atoms with Gasteiger partial charge in [-0.3, -0.25) is 4.79 Å². The summed E-state index contributed by atoms with van der Waals surface area (Å²) in [6.45, 7) is 4.42. The van der Waals surface area contributed by atoms with E-state index < -0.39 is 11.5 Å². The fourth-order valence-electron chi connectivity index (χ4n) is 1.76. The quantitative estimate of drug-likeness (QED) is 0.713. The first kappa shape index (κ1) is 11.7. The minimum Gasteiger partial charge on any atom is -0.480 e. The van der Waals surface area contributed by atoms with Crippen molar-refractivity contribution in [1.29, 1.82) is 0 Å². The van der Waals surface area contributed by atoms with E-state index in [9.17, 15) is 4.79 Å². The predicted octanol–water partition coefficient (Wildman–Crippen LogP) is -0.519. The van der Waals surface area contributed by atoms with Gasteiger partial charge in [0.1, 0.15) is 5.54 Å². The minimum atomic E-state index is -1.21. The molecule has 1 aromatic heterocycles. The number of hydrogen-bond acceptors (Lipinski definition) is 6.